The van der Waals surface area contributed by atoms with Gasteiger partial charge in [0.05, 0.1) is 18.8 Å². The van der Waals surface area contributed by atoms with Gasteiger partial charge in [0.25, 0.3) is 0 Å². The molecule has 1 aromatic heterocycles. The lowest BCUT2D eigenvalue weighted by Gasteiger charge is -2.23. The molecule has 2 aromatic rings. The van der Waals surface area contributed by atoms with Gasteiger partial charge in [-0.05, 0) is 44.0 Å². The molecule has 0 radical (unpaired) electrons. The Morgan fingerprint density at radius 2 is 1.92 bits per heavy atom. The zero-order valence-electron chi connectivity index (χ0n) is 16.9. The second-order valence-electron chi connectivity index (χ2n) is 7.59. The minimum Gasteiger partial charge on any atom is -0.371 e. The van der Waals surface area contributed by atoms with E-state index in [1.54, 1.807) is 0 Å². The molecule has 0 spiro atoms. The van der Waals surface area contributed by atoms with E-state index in [2.05, 4.69) is 97.2 Å². The van der Waals surface area contributed by atoms with Crippen LogP contribution in [0, 0.1) is 0 Å². The molecule has 0 aliphatic heterocycles. The first-order valence-corrected chi connectivity index (χ1v) is 9.02. The van der Waals surface area contributed by atoms with Crippen LogP contribution in [0.5, 0.6) is 0 Å². The number of hydrogen-bond acceptors (Lipinski definition) is 2. The van der Waals surface area contributed by atoms with Crippen LogP contribution in [0.1, 0.15) is 37.6 Å². The number of aliphatic imine (C=N–C) groups is 1. The highest BCUT2D eigenvalue weighted by Gasteiger charge is 2.11. The van der Waals surface area contributed by atoms with Crippen LogP contribution in [-0.4, -0.2) is 35.1 Å². The van der Waals surface area contributed by atoms with Gasteiger partial charge >= 0.3 is 0 Å². The van der Waals surface area contributed by atoms with Gasteiger partial charge in [-0.3, -0.25) is 4.99 Å². The molecular weight excluding hydrogens is 324 g/mol. The summed E-state index contributed by atoms with van der Waals surface area (Å²) in [5.74, 6) is 0.877. The van der Waals surface area contributed by atoms with Gasteiger partial charge in [0.2, 0.25) is 0 Å². The highest BCUT2D eigenvalue weighted by molar-refractivity contribution is 5.79. The Morgan fingerprint density at radius 1 is 1.19 bits per heavy atom. The van der Waals surface area contributed by atoms with Crippen molar-refractivity contribution in [3.63, 3.8) is 0 Å². The normalized spacial score (nSPS) is 12.3. The van der Waals surface area contributed by atoms with E-state index in [1.165, 1.54) is 16.8 Å². The Kier molecular flexibility index (Phi) is 6.86. The molecule has 0 saturated heterocycles. The summed E-state index contributed by atoms with van der Waals surface area (Å²) in [7, 11) is 5.93. The van der Waals surface area contributed by atoms with E-state index >= 15 is 0 Å². The van der Waals surface area contributed by atoms with E-state index in [9.17, 15) is 0 Å². The maximum absolute atomic E-state index is 5.87. The zero-order chi connectivity index (χ0) is 19.2. The molecule has 0 unspecified atom stereocenters. The summed E-state index contributed by atoms with van der Waals surface area (Å²) in [4.78, 5) is 6.53. The van der Waals surface area contributed by atoms with Gasteiger partial charge in [-0.15, -0.1) is 0 Å². The van der Waals surface area contributed by atoms with Gasteiger partial charge in [-0.1, -0.05) is 24.3 Å². The number of nitrogens with one attached hydrogen (secondary N) is 1. The number of rotatable bonds is 6. The molecule has 0 atom stereocenters. The molecule has 1 N–H and O–H groups in total. The molecule has 0 amide bonds. The Balaban J connectivity index is 1.92. The van der Waals surface area contributed by atoms with Crippen LogP contribution in [0.2, 0.25) is 0 Å². The van der Waals surface area contributed by atoms with Crippen molar-refractivity contribution in [2.45, 2.75) is 46.1 Å². The fourth-order valence-corrected chi connectivity index (χ4v) is 2.67. The van der Waals surface area contributed by atoms with Crippen molar-refractivity contribution in [1.29, 1.82) is 0 Å². The SMILES string of the molecule is CN=C(NCc1cccc(COC(C)(C)C)c1)N(C)Cc1cccn1C. The minimum atomic E-state index is -0.129. The van der Waals surface area contributed by atoms with Gasteiger partial charge in [-0.25, -0.2) is 0 Å². The first-order valence-electron chi connectivity index (χ1n) is 9.02. The number of aromatic nitrogens is 1. The maximum atomic E-state index is 5.87. The molecule has 2 rings (SSSR count). The number of hydrogen-bond donors (Lipinski definition) is 1. The fourth-order valence-electron chi connectivity index (χ4n) is 2.67. The molecule has 26 heavy (non-hydrogen) atoms. The number of benzene rings is 1. The first-order chi connectivity index (χ1) is 12.3. The highest BCUT2D eigenvalue weighted by atomic mass is 16.5. The van der Waals surface area contributed by atoms with Crippen molar-refractivity contribution < 1.29 is 4.74 Å². The van der Waals surface area contributed by atoms with Crippen molar-refractivity contribution in [3.8, 4) is 0 Å². The molecular formula is C21H32N4O. The third-order valence-electron chi connectivity index (χ3n) is 4.14. The molecule has 5 heteroatoms. The molecule has 0 fully saturated rings. The van der Waals surface area contributed by atoms with Crippen LogP contribution < -0.4 is 5.32 Å². The fraction of sp³-hybridized carbons (Fsp3) is 0.476. The Labute approximate surface area is 157 Å². The summed E-state index contributed by atoms with van der Waals surface area (Å²) in [5.41, 5.74) is 3.52. The predicted molar refractivity (Wildman–Crippen MR) is 108 cm³/mol. The Bertz CT molecular complexity index is 728. The van der Waals surface area contributed by atoms with Gasteiger partial charge in [0, 0.05) is 39.6 Å². The molecule has 5 nitrogen and oxygen atoms in total. The van der Waals surface area contributed by atoms with Crippen molar-refractivity contribution >= 4 is 5.96 Å². The molecule has 0 saturated carbocycles. The highest BCUT2D eigenvalue weighted by Crippen LogP contribution is 2.13. The maximum Gasteiger partial charge on any atom is 0.194 e. The average molecular weight is 357 g/mol. The number of guanidine groups is 1. The number of aryl methyl sites for hydroxylation is 1. The Hall–Kier alpha value is -2.27. The molecule has 0 aliphatic rings. The monoisotopic (exact) mass is 356 g/mol. The smallest absolute Gasteiger partial charge is 0.194 e. The predicted octanol–water partition coefficient (Wildman–Crippen LogP) is 3.55. The van der Waals surface area contributed by atoms with Crippen LogP contribution in [0.4, 0.5) is 0 Å². The summed E-state index contributed by atoms with van der Waals surface area (Å²) in [6, 6.07) is 12.7. The second kappa shape index (κ2) is 8.90. The van der Waals surface area contributed by atoms with E-state index in [-0.39, 0.29) is 5.60 Å². The molecule has 0 aliphatic carbocycles. The van der Waals surface area contributed by atoms with E-state index in [0.29, 0.717) is 6.61 Å². The van der Waals surface area contributed by atoms with Crippen LogP contribution in [-0.2, 0) is 31.5 Å². The number of nitrogens with zero attached hydrogens (tertiary/aromatic N) is 3. The third-order valence-corrected chi connectivity index (χ3v) is 4.14. The van der Waals surface area contributed by atoms with E-state index < -0.39 is 0 Å². The third kappa shape index (κ3) is 6.23. The van der Waals surface area contributed by atoms with Crippen LogP contribution in [0.25, 0.3) is 0 Å². The minimum absolute atomic E-state index is 0.129. The lowest BCUT2D eigenvalue weighted by Crippen LogP contribution is -2.38. The van der Waals surface area contributed by atoms with Gasteiger partial charge < -0.3 is 19.5 Å². The topological polar surface area (TPSA) is 41.8 Å². The lowest BCUT2D eigenvalue weighted by molar-refractivity contribution is -0.0149. The summed E-state index contributed by atoms with van der Waals surface area (Å²) in [5, 5.41) is 3.44. The molecule has 142 valence electrons. The van der Waals surface area contributed by atoms with E-state index in [0.717, 1.165) is 19.0 Å². The summed E-state index contributed by atoms with van der Waals surface area (Å²) < 4.78 is 8.00. The van der Waals surface area contributed by atoms with Gasteiger partial charge in [0.15, 0.2) is 5.96 Å². The van der Waals surface area contributed by atoms with Crippen molar-refractivity contribution in [2.75, 3.05) is 14.1 Å². The van der Waals surface area contributed by atoms with Crippen molar-refractivity contribution in [1.82, 2.24) is 14.8 Å². The van der Waals surface area contributed by atoms with Crippen molar-refractivity contribution in [2.24, 2.45) is 12.0 Å². The van der Waals surface area contributed by atoms with Crippen LogP contribution >= 0.6 is 0 Å². The molecule has 0 bridgehead atoms. The number of ether oxygens (including phenoxy) is 1. The van der Waals surface area contributed by atoms with Gasteiger partial charge in [-0.2, -0.15) is 0 Å². The molecule has 1 aromatic carbocycles. The van der Waals surface area contributed by atoms with Crippen LogP contribution in [0.15, 0.2) is 47.6 Å². The average Bonchev–Trinajstić information content (AvgIpc) is 2.98. The van der Waals surface area contributed by atoms with E-state index in [1.807, 2.05) is 7.05 Å². The summed E-state index contributed by atoms with van der Waals surface area (Å²) >= 11 is 0. The van der Waals surface area contributed by atoms with Gasteiger partial charge in [0.1, 0.15) is 0 Å². The Morgan fingerprint density at radius 3 is 2.54 bits per heavy atom. The quantitative estimate of drug-likeness (QED) is 0.636. The van der Waals surface area contributed by atoms with Crippen molar-refractivity contribution in [3.05, 3.63) is 59.4 Å². The first kappa shape index (κ1) is 20.0. The van der Waals surface area contributed by atoms with Crippen LogP contribution in [0.3, 0.4) is 0 Å². The van der Waals surface area contributed by atoms with E-state index in [4.69, 9.17) is 4.74 Å². The summed E-state index contributed by atoms with van der Waals surface area (Å²) in [6.45, 7) is 8.39. The standard InChI is InChI=1S/C21H32N4O/c1-21(2,3)26-16-18-10-7-9-17(13-18)14-23-20(22-4)25(6)15-19-11-8-12-24(19)5/h7-13H,14-16H2,1-6H3,(H,22,23). The molecule has 1 heterocycles. The zero-order valence-corrected chi connectivity index (χ0v) is 16.9. The lowest BCUT2D eigenvalue weighted by atomic mass is 10.1. The largest absolute Gasteiger partial charge is 0.371 e. The second-order valence-corrected chi connectivity index (χ2v) is 7.59. The summed E-state index contributed by atoms with van der Waals surface area (Å²) in [6.07, 6.45) is 2.06.